The third-order valence-corrected chi connectivity index (χ3v) is 6.83. The lowest BCUT2D eigenvalue weighted by Crippen LogP contribution is -2.54. The molecular formula is C31H37N7O4. The van der Waals surface area contributed by atoms with E-state index in [1.54, 1.807) is 30.3 Å². The maximum absolute atomic E-state index is 14.2. The average molecular weight is 572 g/mol. The molecule has 3 aromatic rings. The molecule has 0 aliphatic carbocycles. The van der Waals surface area contributed by atoms with Crippen molar-refractivity contribution in [3.8, 4) is 5.75 Å². The summed E-state index contributed by atoms with van der Waals surface area (Å²) in [4.78, 5) is 24.3. The van der Waals surface area contributed by atoms with E-state index in [4.69, 9.17) is 19.6 Å². The van der Waals surface area contributed by atoms with Crippen molar-refractivity contribution in [2.45, 2.75) is 30.9 Å². The SMILES string of the molecule is CN(C)CCCNNC(=O)[C@@]1(Cc2ccccc2)N=C(c2ccc(OCCCO)cc2)O[C@H]1c1ccccc1N=[N+]=[N-]. The first-order chi connectivity index (χ1) is 20.5. The molecular weight excluding hydrogens is 534 g/mol. The summed E-state index contributed by atoms with van der Waals surface area (Å²) in [6.45, 7) is 1.89. The first-order valence-corrected chi connectivity index (χ1v) is 13.9. The van der Waals surface area contributed by atoms with Crippen LogP contribution in [0.4, 0.5) is 5.69 Å². The fourth-order valence-electron chi connectivity index (χ4n) is 4.75. The number of hydrogen-bond acceptors (Lipinski definition) is 8. The van der Waals surface area contributed by atoms with Crippen LogP contribution in [0.1, 0.15) is 35.6 Å². The second-order valence-electron chi connectivity index (χ2n) is 10.2. The number of carbonyl (C=O) groups is 1. The molecule has 0 spiro atoms. The van der Waals surface area contributed by atoms with Crippen LogP contribution in [0.3, 0.4) is 0 Å². The van der Waals surface area contributed by atoms with E-state index in [0.717, 1.165) is 18.5 Å². The third kappa shape index (κ3) is 7.65. The van der Waals surface area contributed by atoms with E-state index in [-0.39, 0.29) is 24.8 Å². The molecule has 0 fully saturated rings. The first kappa shape index (κ1) is 30.5. The largest absolute Gasteiger partial charge is 0.494 e. The third-order valence-electron chi connectivity index (χ3n) is 6.83. The summed E-state index contributed by atoms with van der Waals surface area (Å²) < 4.78 is 12.2. The van der Waals surface area contributed by atoms with E-state index in [9.17, 15) is 10.3 Å². The molecule has 4 rings (SSSR count). The number of hydrazine groups is 1. The van der Waals surface area contributed by atoms with Crippen molar-refractivity contribution < 1.29 is 19.4 Å². The van der Waals surface area contributed by atoms with Crippen LogP contribution in [0.5, 0.6) is 5.75 Å². The van der Waals surface area contributed by atoms with Gasteiger partial charge in [0.25, 0.3) is 5.91 Å². The van der Waals surface area contributed by atoms with E-state index in [1.807, 2.05) is 62.6 Å². The maximum atomic E-state index is 14.2. The summed E-state index contributed by atoms with van der Waals surface area (Å²) in [5, 5.41) is 12.9. The molecule has 42 heavy (non-hydrogen) atoms. The van der Waals surface area contributed by atoms with Gasteiger partial charge in [-0.05, 0) is 62.4 Å². The van der Waals surface area contributed by atoms with Crippen LogP contribution in [0.25, 0.3) is 10.4 Å². The van der Waals surface area contributed by atoms with Gasteiger partial charge >= 0.3 is 0 Å². The van der Waals surface area contributed by atoms with Crippen LogP contribution < -0.4 is 15.6 Å². The standard InChI is InChI=1S/C31H37N7O4/c1-38(2)19-8-18-33-36-30(40)31(22-23-10-4-3-5-11-23)28(26-12-6-7-13-27(26)35-37-32)42-29(34-31)24-14-16-25(17-15-24)41-21-9-20-39/h3-7,10-17,28,33,39H,8-9,18-22H2,1-2H3,(H,36,40)/t28-,31-/m0/s1. The molecule has 3 N–H and O–H groups in total. The Kier molecular flexibility index (Phi) is 10.9. The van der Waals surface area contributed by atoms with E-state index in [1.165, 1.54) is 0 Å². The predicted octanol–water partition coefficient (Wildman–Crippen LogP) is 4.46. The topological polar surface area (TPSA) is 144 Å². The van der Waals surface area contributed by atoms with Crippen molar-refractivity contribution in [3.05, 3.63) is 106 Å². The Hall–Kier alpha value is -4.41. The van der Waals surface area contributed by atoms with Crippen LogP contribution in [-0.4, -0.2) is 67.7 Å². The lowest BCUT2D eigenvalue weighted by molar-refractivity contribution is -0.130. The van der Waals surface area contributed by atoms with Gasteiger partial charge < -0.3 is 19.5 Å². The number of aliphatic imine (C=N–C) groups is 1. The lowest BCUT2D eigenvalue weighted by atomic mass is 9.81. The minimum atomic E-state index is -1.43. The molecule has 0 aromatic heterocycles. The molecule has 2 atom stereocenters. The number of amides is 1. The van der Waals surface area contributed by atoms with Crippen LogP contribution in [0.2, 0.25) is 0 Å². The highest BCUT2D eigenvalue weighted by molar-refractivity contribution is 6.01. The zero-order valence-electron chi connectivity index (χ0n) is 23.9. The fraction of sp³-hybridized carbons (Fsp3) is 0.355. The molecule has 1 aliphatic rings. The zero-order chi connectivity index (χ0) is 29.8. The van der Waals surface area contributed by atoms with Gasteiger partial charge in [-0.15, -0.1) is 0 Å². The summed E-state index contributed by atoms with van der Waals surface area (Å²) >= 11 is 0. The highest BCUT2D eigenvalue weighted by Crippen LogP contribution is 2.45. The Labute approximate surface area is 245 Å². The number of benzene rings is 3. The Balaban J connectivity index is 1.75. The summed E-state index contributed by atoms with van der Waals surface area (Å²) in [6, 6.07) is 23.9. The molecule has 0 bridgehead atoms. The van der Waals surface area contributed by atoms with E-state index < -0.39 is 11.6 Å². The van der Waals surface area contributed by atoms with Gasteiger partial charge in [-0.3, -0.25) is 10.2 Å². The average Bonchev–Trinajstić information content (AvgIpc) is 3.38. The zero-order valence-corrected chi connectivity index (χ0v) is 23.9. The molecule has 3 aromatic carbocycles. The van der Waals surface area contributed by atoms with Gasteiger partial charge in [0, 0.05) is 47.7 Å². The second kappa shape index (κ2) is 15.0. The van der Waals surface area contributed by atoms with Crippen molar-refractivity contribution in [3.63, 3.8) is 0 Å². The smallest absolute Gasteiger partial charge is 0.266 e. The lowest BCUT2D eigenvalue weighted by Gasteiger charge is -2.31. The van der Waals surface area contributed by atoms with Gasteiger partial charge in [-0.1, -0.05) is 59.7 Å². The number of rotatable bonds is 15. The number of nitrogens with one attached hydrogen (secondary N) is 2. The fourth-order valence-corrected chi connectivity index (χ4v) is 4.75. The van der Waals surface area contributed by atoms with Gasteiger partial charge in [0.15, 0.2) is 11.6 Å². The van der Waals surface area contributed by atoms with Gasteiger partial charge in [0.05, 0.1) is 6.61 Å². The molecule has 11 heteroatoms. The van der Waals surface area contributed by atoms with Gasteiger partial charge in [-0.25, -0.2) is 10.4 Å². The molecule has 1 amide bonds. The van der Waals surface area contributed by atoms with Crippen LogP contribution in [-0.2, 0) is 16.0 Å². The van der Waals surface area contributed by atoms with E-state index in [2.05, 4.69) is 25.8 Å². The number of carbonyl (C=O) groups excluding carboxylic acids is 1. The first-order valence-electron chi connectivity index (χ1n) is 13.9. The van der Waals surface area contributed by atoms with Crippen molar-refractivity contribution >= 4 is 17.5 Å². The minimum absolute atomic E-state index is 0.0531. The molecule has 1 aliphatic heterocycles. The predicted molar refractivity (Wildman–Crippen MR) is 161 cm³/mol. The molecule has 0 unspecified atom stereocenters. The highest BCUT2D eigenvalue weighted by atomic mass is 16.5. The summed E-state index contributed by atoms with van der Waals surface area (Å²) in [5.41, 5.74) is 16.3. The number of nitrogens with zero attached hydrogens (tertiary/aromatic N) is 5. The van der Waals surface area contributed by atoms with Crippen LogP contribution in [0, 0.1) is 0 Å². The summed E-state index contributed by atoms with van der Waals surface area (Å²) in [5.74, 6) is 0.568. The minimum Gasteiger partial charge on any atom is -0.494 e. The summed E-state index contributed by atoms with van der Waals surface area (Å²) in [6.07, 6.45) is 0.711. The highest BCUT2D eigenvalue weighted by Gasteiger charge is 2.53. The van der Waals surface area contributed by atoms with E-state index in [0.29, 0.717) is 42.1 Å². The van der Waals surface area contributed by atoms with E-state index >= 15 is 0 Å². The Bertz CT molecular complexity index is 1390. The number of ether oxygens (including phenoxy) is 2. The number of aliphatic hydroxyl groups is 1. The number of azide groups is 1. The Morgan fingerprint density at radius 2 is 1.83 bits per heavy atom. The van der Waals surface area contributed by atoms with Crippen LogP contribution in [0.15, 0.2) is 89.0 Å². The van der Waals surface area contributed by atoms with Gasteiger partial charge in [0.2, 0.25) is 5.90 Å². The van der Waals surface area contributed by atoms with Gasteiger partial charge in [0.1, 0.15) is 5.75 Å². The monoisotopic (exact) mass is 571 g/mol. The Morgan fingerprint density at radius 1 is 1.10 bits per heavy atom. The molecule has 1 heterocycles. The normalized spacial score (nSPS) is 17.7. The number of hydrogen-bond donors (Lipinski definition) is 3. The maximum Gasteiger partial charge on any atom is 0.266 e. The molecule has 0 radical (unpaired) electrons. The Morgan fingerprint density at radius 3 is 2.55 bits per heavy atom. The van der Waals surface area contributed by atoms with Crippen molar-refractivity contribution in [2.24, 2.45) is 10.1 Å². The second-order valence-corrected chi connectivity index (χ2v) is 10.2. The molecule has 0 saturated carbocycles. The molecule has 0 saturated heterocycles. The van der Waals surface area contributed by atoms with Crippen molar-refractivity contribution in [2.75, 3.05) is 40.4 Å². The van der Waals surface area contributed by atoms with Crippen LogP contribution >= 0.6 is 0 Å². The van der Waals surface area contributed by atoms with Crippen molar-refractivity contribution in [1.29, 1.82) is 0 Å². The number of aliphatic hydroxyl groups excluding tert-OH is 1. The molecule has 11 nitrogen and oxygen atoms in total. The molecule has 220 valence electrons. The van der Waals surface area contributed by atoms with Crippen molar-refractivity contribution in [1.82, 2.24) is 15.8 Å². The quantitative estimate of drug-likeness (QED) is 0.0808. The van der Waals surface area contributed by atoms with Gasteiger partial charge in [-0.2, -0.15) is 0 Å². The summed E-state index contributed by atoms with van der Waals surface area (Å²) in [7, 11) is 4.00.